The Bertz CT molecular complexity index is 1960. The van der Waals surface area contributed by atoms with Crippen LogP contribution in [0.3, 0.4) is 0 Å². The molecule has 0 unspecified atom stereocenters. The van der Waals surface area contributed by atoms with Crippen LogP contribution in [0, 0.1) is 0 Å². The Morgan fingerprint density at radius 1 is 0.436 bits per heavy atom. The summed E-state index contributed by atoms with van der Waals surface area (Å²) in [7, 11) is 6.19. The van der Waals surface area contributed by atoms with Gasteiger partial charge in [0.05, 0.1) is 22.1 Å². The van der Waals surface area contributed by atoms with E-state index in [0.717, 1.165) is 22.5 Å². The zero-order chi connectivity index (χ0) is 25.9. The van der Waals surface area contributed by atoms with Gasteiger partial charge in [-0.05, 0) is 53.6 Å². The number of pyridine rings is 1. The molecule has 3 heterocycles. The van der Waals surface area contributed by atoms with Crippen LogP contribution in [0.1, 0.15) is 0 Å². The van der Waals surface area contributed by atoms with Crippen molar-refractivity contribution in [3.63, 3.8) is 0 Å². The molecule has 0 aliphatic rings. The molecule has 39 heavy (non-hydrogen) atoms. The van der Waals surface area contributed by atoms with E-state index in [1.165, 1.54) is 43.6 Å². The number of hydrogen-bond acceptors (Lipinski definition) is 1. The second kappa shape index (κ2) is 8.47. The zero-order valence-corrected chi connectivity index (χ0v) is 21.1. The van der Waals surface area contributed by atoms with E-state index in [1.807, 2.05) is 12.3 Å². The first-order valence-electron chi connectivity index (χ1n) is 13.1. The van der Waals surface area contributed by atoms with Crippen LogP contribution < -0.4 is 5.46 Å². The maximum absolute atomic E-state index is 6.19. The van der Waals surface area contributed by atoms with Gasteiger partial charge in [-0.15, -0.1) is 0 Å². The number of nitrogens with zero attached hydrogens (tertiary/aromatic N) is 3. The average molecular weight is 495 g/mol. The lowest BCUT2D eigenvalue weighted by atomic mass is 9.95. The van der Waals surface area contributed by atoms with Crippen LogP contribution in [0.15, 0.2) is 134 Å². The summed E-state index contributed by atoms with van der Waals surface area (Å²) < 4.78 is 4.73. The van der Waals surface area contributed by atoms with Crippen LogP contribution >= 0.6 is 0 Å². The van der Waals surface area contributed by atoms with E-state index in [9.17, 15) is 0 Å². The van der Waals surface area contributed by atoms with Crippen LogP contribution in [0.5, 0.6) is 0 Å². The summed E-state index contributed by atoms with van der Waals surface area (Å²) in [5.41, 5.74) is 9.57. The molecule has 0 saturated carbocycles. The highest BCUT2D eigenvalue weighted by atomic mass is 15.0. The standard InChI is InChI=1S/C35H22BN3/c36-25-17-24(21-37-22-25)23-18-26(38-32-13-5-1-9-28(32)29-10-2-6-14-33(29)38)20-27(19-23)39-34-15-7-3-11-30(34)31-12-4-8-16-35(31)39/h1-22H. The number of hydrogen-bond donors (Lipinski definition) is 0. The van der Waals surface area contributed by atoms with Crippen molar-refractivity contribution in [2.24, 2.45) is 0 Å². The van der Waals surface area contributed by atoms with Crippen LogP contribution in [-0.4, -0.2) is 22.0 Å². The third kappa shape index (κ3) is 3.35. The van der Waals surface area contributed by atoms with E-state index in [-0.39, 0.29) is 0 Å². The van der Waals surface area contributed by atoms with Gasteiger partial charge in [0, 0.05) is 45.3 Å². The maximum atomic E-state index is 6.19. The molecule has 5 aromatic carbocycles. The van der Waals surface area contributed by atoms with E-state index < -0.39 is 0 Å². The normalized spacial score (nSPS) is 11.7. The van der Waals surface area contributed by atoms with E-state index in [0.29, 0.717) is 5.46 Å². The molecule has 0 spiro atoms. The molecule has 0 aliphatic carbocycles. The maximum Gasteiger partial charge on any atom is 0.115 e. The summed E-state index contributed by atoms with van der Waals surface area (Å²) in [6, 6.07) is 43.2. The molecule has 4 heteroatoms. The Morgan fingerprint density at radius 2 is 0.846 bits per heavy atom. The Kier molecular flexibility index (Phi) is 4.77. The van der Waals surface area contributed by atoms with Crippen molar-refractivity contribution in [3.05, 3.63) is 134 Å². The summed E-state index contributed by atoms with van der Waals surface area (Å²) in [5, 5.41) is 4.95. The smallest absolute Gasteiger partial charge is 0.115 e. The topological polar surface area (TPSA) is 22.8 Å². The summed E-state index contributed by atoms with van der Waals surface area (Å²) in [5.74, 6) is 0. The predicted molar refractivity (Wildman–Crippen MR) is 164 cm³/mol. The molecular weight excluding hydrogens is 473 g/mol. The fourth-order valence-corrected chi connectivity index (χ4v) is 6.04. The van der Waals surface area contributed by atoms with Gasteiger partial charge in [0.2, 0.25) is 0 Å². The Hall–Kier alpha value is -5.09. The third-order valence-electron chi connectivity index (χ3n) is 7.67. The van der Waals surface area contributed by atoms with Gasteiger partial charge in [0.25, 0.3) is 0 Å². The van der Waals surface area contributed by atoms with E-state index in [1.54, 1.807) is 6.20 Å². The first-order valence-corrected chi connectivity index (χ1v) is 13.1. The molecule has 0 fully saturated rings. The van der Waals surface area contributed by atoms with Crippen LogP contribution in [0.4, 0.5) is 0 Å². The number of fused-ring (bicyclic) bond motifs is 6. The highest BCUT2D eigenvalue weighted by Gasteiger charge is 2.17. The van der Waals surface area contributed by atoms with Crippen molar-refractivity contribution < 1.29 is 0 Å². The monoisotopic (exact) mass is 495 g/mol. The summed E-state index contributed by atoms with van der Waals surface area (Å²) in [6.45, 7) is 0. The molecule has 3 nitrogen and oxygen atoms in total. The molecule has 2 radical (unpaired) electrons. The molecular formula is C35H22BN3. The number of para-hydroxylation sites is 4. The Morgan fingerprint density at radius 3 is 1.26 bits per heavy atom. The molecule has 0 bridgehead atoms. The van der Waals surface area contributed by atoms with Gasteiger partial charge in [-0.3, -0.25) is 4.98 Å². The molecule has 0 N–H and O–H groups in total. The quantitative estimate of drug-likeness (QED) is 0.230. The van der Waals surface area contributed by atoms with Gasteiger partial charge in [-0.25, -0.2) is 0 Å². The minimum atomic E-state index is 0.646. The average Bonchev–Trinajstić information content (AvgIpc) is 3.50. The highest BCUT2D eigenvalue weighted by molar-refractivity contribution is 6.32. The Labute approximate surface area is 227 Å². The van der Waals surface area contributed by atoms with Gasteiger partial charge >= 0.3 is 0 Å². The van der Waals surface area contributed by atoms with Crippen molar-refractivity contribution in [2.75, 3.05) is 0 Å². The third-order valence-corrected chi connectivity index (χ3v) is 7.67. The molecule has 0 saturated heterocycles. The van der Waals surface area contributed by atoms with E-state index in [4.69, 9.17) is 7.85 Å². The van der Waals surface area contributed by atoms with Gasteiger partial charge in [-0.2, -0.15) is 0 Å². The predicted octanol–water partition coefficient (Wildman–Crippen LogP) is 7.74. The number of aromatic nitrogens is 3. The Balaban J connectivity index is 1.51. The lowest BCUT2D eigenvalue weighted by Crippen LogP contribution is -2.04. The number of benzene rings is 5. The first kappa shape index (κ1) is 21.9. The van der Waals surface area contributed by atoms with Crippen molar-refractivity contribution >= 4 is 56.9 Å². The van der Waals surface area contributed by atoms with Gasteiger partial charge in [-0.1, -0.05) is 84.3 Å². The molecule has 0 amide bonds. The highest BCUT2D eigenvalue weighted by Crippen LogP contribution is 2.37. The number of rotatable bonds is 3. The molecule has 3 aromatic heterocycles. The summed E-state index contributed by atoms with van der Waals surface area (Å²) in [4.78, 5) is 4.41. The van der Waals surface area contributed by atoms with Crippen molar-refractivity contribution in [1.29, 1.82) is 0 Å². The van der Waals surface area contributed by atoms with Crippen LogP contribution in [0.2, 0.25) is 0 Å². The molecule has 8 aromatic rings. The molecule has 0 aliphatic heterocycles. The first-order chi connectivity index (χ1) is 19.3. The second-order valence-corrected chi connectivity index (χ2v) is 9.98. The van der Waals surface area contributed by atoms with Crippen molar-refractivity contribution in [3.8, 4) is 22.5 Å². The van der Waals surface area contributed by atoms with E-state index in [2.05, 4.69) is 129 Å². The largest absolute Gasteiger partial charge is 0.309 e. The summed E-state index contributed by atoms with van der Waals surface area (Å²) in [6.07, 6.45) is 3.57. The molecule has 0 atom stereocenters. The van der Waals surface area contributed by atoms with E-state index >= 15 is 0 Å². The van der Waals surface area contributed by atoms with Crippen molar-refractivity contribution in [2.45, 2.75) is 0 Å². The van der Waals surface area contributed by atoms with Gasteiger partial charge in [0.1, 0.15) is 7.85 Å². The van der Waals surface area contributed by atoms with Gasteiger partial charge in [0.15, 0.2) is 0 Å². The lowest BCUT2D eigenvalue weighted by molar-refractivity contribution is 1.13. The fraction of sp³-hybridized carbons (Fsp3) is 0. The zero-order valence-electron chi connectivity index (χ0n) is 21.1. The second-order valence-electron chi connectivity index (χ2n) is 9.98. The lowest BCUT2D eigenvalue weighted by Gasteiger charge is -2.16. The fourth-order valence-electron chi connectivity index (χ4n) is 6.04. The molecule has 180 valence electrons. The molecule has 8 rings (SSSR count). The minimum Gasteiger partial charge on any atom is -0.309 e. The van der Waals surface area contributed by atoms with Crippen molar-refractivity contribution in [1.82, 2.24) is 14.1 Å². The van der Waals surface area contributed by atoms with Gasteiger partial charge < -0.3 is 9.13 Å². The minimum absolute atomic E-state index is 0.646. The van der Waals surface area contributed by atoms with Crippen LogP contribution in [0.25, 0.3) is 66.1 Å². The SMILES string of the molecule is [B]c1cncc(-c2cc(-n3c4ccccc4c4ccccc43)cc(-n3c4ccccc4c4ccccc43)c2)c1. The summed E-state index contributed by atoms with van der Waals surface area (Å²) >= 11 is 0. The van der Waals surface area contributed by atoms with Crippen LogP contribution in [-0.2, 0) is 0 Å².